The van der Waals surface area contributed by atoms with Gasteiger partial charge in [-0.1, -0.05) is 36.6 Å². The lowest BCUT2D eigenvalue weighted by Gasteiger charge is -2.27. The maximum Gasteiger partial charge on any atom is 0.317 e. The van der Waals surface area contributed by atoms with Crippen molar-refractivity contribution in [1.29, 1.82) is 0 Å². The van der Waals surface area contributed by atoms with Gasteiger partial charge in [-0.25, -0.2) is 0 Å². The number of anilines is 1. The second-order valence-electron chi connectivity index (χ2n) is 6.65. The molecule has 1 N–H and O–H groups in total. The van der Waals surface area contributed by atoms with Crippen molar-refractivity contribution >= 4 is 29.2 Å². The fourth-order valence-electron chi connectivity index (χ4n) is 3.50. The van der Waals surface area contributed by atoms with Crippen LogP contribution in [0.25, 0.3) is 0 Å². The SMILES string of the molecule is COc1ccc(NC(=O)COC(=O)C2(c3ccc(Cl)cc3)CCCC2)cc1. The molecular weight excluding hydrogens is 366 g/mol. The number of esters is 1. The Balaban J connectivity index is 1.62. The molecule has 0 heterocycles. The van der Waals surface area contributed by atoms with Crippen LogP contribution in [-0.4, -0.2) is 25.6 Å². The second-order valence-corrected chi connectivity index (χ2v) is 7.09. The van der Waals surface area contributed by atoms with Gasteiger partial charge in [0.2, 0.25) is 0 Å². The third-order valence-corrected chi connectivity index (χ3v) is 5.20. The lowest BCUT2D eigenvalue weighted by molar-refractivity contribution is -0.153. The van der Waals surface area contributed by atoms with Crippen LogP contribution in [0.3, 0.4) is 0 Å². The zero-order valence-corrected chi connectivity index (χ0v) is 15.9. The minimum Gasteiger partial charge on any atom is -0.497 e. The van der Waals surface area contributed by atoms with E-state index in [2.05, 4.69) is 5.32 Å². The Bertz CT molecular complexity index is 796. The van der Waals surface area contributed by atoms with E-state index in [1.807, 2.05) is 12.1 Å². The van der Waals surface area contributed by atoms with Crippen LogP contribution in [0.1, 0.15) is 31.2 Å². The molecule has 0 aromatic heterocycles. The van der Waals surface area contributed by atoms with Crippen LogP contribution in [0, 0.1) is 0 Å². The number of benzene rings is 2. The minimum atomic E-state index is -0.690. The average molecular weight is 388 g/mol. The molecule has 5 nitrogen and oxygen atoms in total. The van der Waals surface area contributed by atoms with E-state index in [4.69, 9.17) is 21.1 Å². The largest absolute Gasteiger partial charge is 0.497 e. The Morgan fingerprint density at radius 1 is 1.04 bits per heavy atom. The number of carbonyl (C=O) groups excluding carboxylic acids is 2. The summed E-state index contributed by atoms with van der Waals surface area (Å²) in [7, 11) is 1.58. The lowest BCUT2D eigenvalue weighted by atomic mass is 9.79. The molecule has 0 atom stereocenters. The molecule has 0 unspecified atom stereocenters. The van der Waals surface area contributed by atoms with E-state index in [1.54, 1.807) is 43.5 Å². The molecule has 1 aliphatic carbocycles. The molecule has 27 heavy (non-hydrogen) atoms. The Morgan fingerprint density at radius 2 is 1.67 bits per heavy atom. The van der Waals surface area contributed by atoms with E-state index in [1.165, 1.54) is 0 Å². The molecule has 6 heteroatoms. The van der Waals surface area contributed by atoms with Crippen molar-refractivity contribution in [3.05, 3.63) is 59.1 Å². The summed E-state index contributed by atoms with van der Waals surface area (Å²) in [5.41, 5.74) is 0.820. The summed E-state index contributed by atoms with van der Waals surface area (Å²) in [4.78, 5) is 25.0. The van der Waals surface area contributed by atoms with Gasteiger partial charge in [0.15, 0.2) is 6.61 Å². The summed E-state index contributed by atoms with van der Waals surface area (Å²) in [6.45, 7) is -0.319. The quantitative estimate of drug-likeness (QED) is 0.749. The maximum absolute atomic E-state index is 12.8. The first-order valence-electron chi connectivity index (χ1n) is 8.91. The van der Waals surface area contributed by atoms with Gasteiger partial charge in [-0.2, -0.15) is 0 Å². The molecule has 1 amide bonds. The number of amides is 1. The number of hydrogen-bond donors (Lipinski definition) is 1. The predicted molar refractivity (Wildman–Crippen MR) is 104 cm³/mol. The van der Waals surface area contributed by atoms with Gasteiger partial charge < -0.3 is 14.8 Å². The molecule has 3 rings (SSSR count). The first-order chi connectivity index (χ1) is 13.0. The maximum atomic E-state index is 12.8. The highest BCUT2D eigenvalue weighted by atomic mass is 35.5. The summed E-state index contributed by atoms with van der Waals surface area (Å²) in [5, 5.41) is 3.33. The zero-order chi connectivity index (χ0) is 19.3. The molecule has 0 spiro atoms. The van der Waals surface area contributed by atoms with Gasteiger partial charge in [-0.3, -0.25) is 9.59 Å². The van der Waals surface area contributed by atoms with E-state index < -0.39 is 5.41 Å². The molecule has 1 saturated carbocycles. The molecule has 0 radical (unpaired) electrons. The first kappa shape index (κ1) is 19.2. The van der Waals surface area contributed by atoms with Gasteiger partial charge in [0.1, 0.15) is 5.75 Å². The minimum absolute atomic E-state index is 0.319. The monoisotopic (exact) mass is 387 g/mol. The van der Waals surface area contributed by atoms with Crippen molar-refractivity contribution in [3.63, 3.8) is 0 Å². The summed E-state index contributed by atoms with van der Waals surface area (Å²) in [5.74, 6) is -0.0319. The fourth-order valence-corrected chi connectivity index (χ4v) is 3.62. The van der Waals surface area contributed by atoms with Crippen LogP contribution in [0.4, 0.5) is 5.69 Å². The van der Waals surface area contributed by atoms with E-state index in [9.17, 15) is 9.59 Å². The van der Waals surface area contributed by atoms with Gasteiger partial charge in [-0.05, 0) is 54.8 Å². The summed E-state index contributed by atoms with van der Waals surface area (Å²) >= 11 is 5.97. The van der Waals surface area contributed by atoms with Crippen molar-refractivity contribution in [1.82, 2.24) is 0 Å². The topological polar surface area (TPSA) is 64.6 Å². The van der Waals surface area contributed by atoms with Crippen molar-refractivity contribution in [3.8, 4) is 5.75 Å². The van der Waals surface area contributed by atoms with Crippen LogP contribution >= 0.6 is 11.6 Å². The number of halogens is 1. The van der Waals surface area contributed by atoms with E-state index in [-0.39, 0.29) is 18.5 Å². The zero-order valence-electron chi connectivity index (χ0n) is 15.2. The summed E-state index contributed by atoms with van der Waals surface area (Å²) in [6, 6.07) is 14.2. The van der Waals surface area contributed by atoms with Crippen LogP contribution in [0.5, 0.6) is 5.75 Å². The number of methoxy groups -OCH3 is 1. The smallest absolute Gasteiger partial charge is 0.317 e. The Labute approximate surface area is 163 Å². The molecule has 0 bridgehead atoms. The molecule has 0 saturated heterocycles. The van der Waals surface area contributed by atoms with Crippen molar-refractivity contribution in [2.45, 2.75) is 31.1 Å². The number of hydrogen-bond acceptors (Lipinski definition) is 4. The summed E-state index contributed by atoms with van der Waals surface area (Å²) in [6.07, 6.45) is 3.34. The Hall–Kier alpha value is -2.53. The third-order valence-electron chi connectivity index (χ3n) is 4.95. The standard InChI is InChI=1S/C21H22ClNO4/c1-26-18-10-8-17(9-11-18)23-19(24)14-27-20(25)21(12-2-3-13-21)15-4-6-16(22)7-5-15/h4-11H,2-3,12-14H2,1H3,(H,23,24). The number of ether oxygens (including phenoxy) is 2. The first-order valence-corrected chi connectivity index (χ1v) is 9.28. The highest BCUT2D eigenvalue weighted by Gasteiger charge is 2.44. The van der Waals surface area contributed by atoms with Crippen molar-refractivity contribution in [2.24, 2.45) is 0 Å². The number of rotatable bonds is 6. The molecule has 2 aromatic rings. The van der Waals surface area contributed by atoms with Gasteiger partial charge in [0.25, 0.3) is 5.91 Å². The van der Waals surface area contributed by atoms with Gasteiger partial charge in [0.05, 0.1) is 12.5 Å². The number of nitrogens with one attached hydrogen (secondary N) is 1. The normalized spacial score (nSPS) is 15.2. The van der Waals surface area contributed by atoms with Gasteiger partial charge in [0, 0.05) is 10.7 Å². The van der Waals surface area contributed by atoms with E-state index in [0.29, 0.717) is 29.3 Å². The Kier molecular flexibility index (Phi) is 6.01. The number of carbonyl (C=O) groups is 2. The Morgan fingerprint density at radius 3 is 2.26 bits per heavy atom. The molecule has 1 aliphatic rings. The van der Waals surface area contributed by atoms with Crippen LogP contribution < -0.4 is 10.1 Å². The highest BCUT2D eigenvalue weighted by Crippen LogP contribution is 2.42. The molecule has 0 aliphatic heterocycles. The van der Waals surface area contributed by atoms with E-state index >= 15 is 0 Å². The predicted octanol–water partition coefficient (Wildman–Crippen LogP) is 4.34. The lowest BCUT2D eigenvalue weighted by Crippen LogP contribution is -2.36. The van der Waals surface area contributed by atoms with Crippen molar-refractivity contribution < 1.29 is 19.1 Å². The summed E-state index contributed by atoms with van der Waals surface area (Å²) < 4.78 is 10.5. The average Bonchev–Trinajstić information content (AvgIpc) is 3.18. The van der Waals surface area contributed by atoms with Crippen LogP contribution in [0.2, 0.25) is 5.02 Å². The molecule has 142 valence electrons. The highest BCUT2D eigenvalue weighted by molar-refractivity contribution is 6.30. The van der Waals surface area contributed by atoms with E-state index in [0.717, 1.165) is 18.4 Å². The second kappa shape index (κ2) is 8.44. The molecule has 1 fully saturated rings. The van der Waals surface area contributed by atoms with Crippen LogP contribution in [0.15, 0.2) is 48.5 Å². The van der Waals surface area contributed by atoms with Gasteiger partial charge >= 0.3 is 5.97 Å². The van der Waals surface area contributed by atoms with Crippen molar-refractivity contribution in [2.75, 3.05) is 19.0 Å². The fraction of sp³-hybridized carbons (Fsp3) is 0.333. The van der Waals surface area contributed by atoms with Gasteiger partial charge in [-0.15, -0.1) is 0 Å². The van der Waals surface area contributed by atoms with Crippen LogP contribution in [-0.2, 0) is 19.7 Å². The molecular formula is C21H22ClNO4. The third kappa shape index (κ3) is 4.42. The molecule has 2 aromatic carbocycles.